The first-order valence-corrected chi connectivity index (χ1v) is 7.72. The van der Waals surface area contributed by atoms with Crippen LogP contribution in [0.3, 0.4) is 0 Å². The molecule has 1 aliphatic heterocycles. The molecule has 1 aromatic carbocycles. The van der Waals surface area contributed by atoms with E-state index in [1.165, 1.54) is 0 Å². The molecule has 2 N–H and O–H groups in total. The molecule has 0 radical (unpaired) electrons. The Balaban J connectivity index is 2.07. The number of likely N-dealkylation sites (tertiary alicyclic amines) is 1. The minimum Gasteiger partial charge on any atom is -0.338 e. The number of hydrogen-bond acceptors (Lipinski definition) is 2. The molecule has 1 heterocycles. The van der Waals surface area contributed by atoms with E-state index in [2.05, 4.69) is 25.7 Å². The summed E-state index contributed by atoms with van der Waals surface area (Å²) < 4.78 is 0. The van der Waals surface area contributed by atoms with Crippen molar-refractivity contribution in [1.82, 2.24) is 4.90 Å². The minimum absolute atomic E-state index is 0.136. The van der Waals surface area contributed by atoms with Crippen molar-refractivity contribution in [3.05, 3.63) is 35.4 Å². The van der Waals surface area contributed by atoms with Gasteiger partial charge < -0.3 is 10.6 Å². The van der Waals surface area contributed by atoms with Crippen LogP contribution in [0.1, 0.15) is 49.0 Å². The van der Waals surface area contributed by atoms with E-state index in [1.54, 1.807) is 0 Å². The van der Waals surface area contributed by atoms with E-state index >= 15 is 0 Å². The van der Waals surface area contributed by atoms with Crippen molar-refractivity contribution in [2.24, 2.45) is 11.1 Å². The van der Waals surface area contributed by atoms with E-state index in [-0.39, 0.29) is 5.91 Å². The van der Waals surface area contributed by atoms with Crippen LogP contribution in [0.4, 0.5) is 0 Å². The smallest absolute Gasteiger partial charge is 0.253 e. The molecule has 21 heavy (non-hydrogen) atoms. The summed E-state index contributed by atoms with van der Waals surface area (Å²) >= 11 is 0. The van der Waals surface area contributed by atoms with Crippen LogP contribution in [0.25, 0.3) is 0 Å². The van der Waals surface area contributed by atoms with Crippen LogP contribution in [0, 0.1) is 17.3 Å². The number of amides is 1. The van der Waals surface area contributed by atoms with Gasteiger partial charge in [0.15, 0.2) is 0 Å². The molecule has 1 saturated heterocycles. The summed E-state index contributed by atoms with van der Waals surface area (Å²) in [5, 5.41) is 0. The average molecular weight is 284 g/mol. The van der Waals surface area contributed by atoms with Crippen LogP contribution in [0.2, 0.25) is 0 Å². The molecule has 0 spiro atoms. The van der Waals surface area contributed by atoms with Crippen LogP contribution < -0.4 is 5.73 Å². The Kier molecular flexibility index (Phi) is 5.03. The van der Waals surface area contributed by atoms with Gasteiger partial charge in [-0.1, -0.05) is 25.7 Å². The Morgan fingerprint density at radius 3 is 2.48 bits per heavy atom. The number of benzene rings is 1. The minimum atomic E-state index is 0.136. The number of hydrogen-bond donors (Lipinski definition) is 1. The summed E-state index contributed by atoms with van der Waals surface area (Å²) in [5.74, 6) is 5.92. The van der Waals surface area contributed by atoms with Crippen LogP contribution in [-0.2, 0) is 0 Å². The standard InChI is InChI=1S/C18H24N2O/c1-3-18(4-2)11-13-20(14-18)17(21)16-9-7-15(8-10-16)6-5-12-19/h7-10H,3-4,11-14,19H2,1-2H3. The van der Waals surface area contributed by atoms with E-state index in [4.69, 9.17) is 5.73 Å². The van der Waals surface area contributed by atoms with E-state index in [1.807, 2.05) is 29.2 Å². The van der Waals surface area contributed by atoms with Gasteiger partial charge in [0, 0.05) is 24.2 Å². The van der Waals surface area contributed by atoms with Crippen molar-refractivity contribution in [3.63, 3.8) is 0 Å². The lowest BCUT2D eigenvalue weighted by molar-refractivity contribution is 0.0770. The lowest BCUT2D eigenvalue weighted by Crippen LogP contribution is -2.31. The lowest BCUT2D eigenvalue weighted by Gasteiger charge is -2.26. The second-order valence-electron chi connectivity index (χ2n) is 5.77. The van der Waals surface area contributed by atoms with Gasteiger partial charge >= 0.3 is 0 Å². The molecule has 0 bridgehead atoms. The highest BCUT2D eigenvalue weighted by Gasteiger charge is 2.37. The summed E-state index contributed by atoms with van der Waals surface area (Å²) in [6, 6.07) is 7.50. The molecule has 1 aromatic rings. The fraction of sp³-hybridized carbons (Fsp3) is 0.500. The normalized spacial score (nSPS) is 16.4. The molecule has 3 heteroatoms. The van der Waals surface area contributed by atoms with Gasteiger partial charge in [-0.15, -0.1) is 0 Å². The van der Waals surface area contributed by atoms with Gasteiger partial charge in [0.05, 0.1) is 6.54 Å². The maximum Gasteiger partial charge on any atom is 0.253 e. The number of carbonyl (C=O) groups is 1. The Morgan fingerprint density at radius 2 is 1.95 bits per heavy atom. The monoisotopic (exact) mass is 284 g/mol. The predicted octanol–water partition coefficient (Wildman–Crippen LogP) is 2.65. The SMILES string of the molecule is CCC1(CC)CCN(C(=O)c2ccc(C#CCN)cc2)C1. The number of carbonyl (C=O) groups excluding carboxylic acids is 1. The fourth-order valence-electron chi connectivity index (χ4n) is 2.97. The van der Waals surface area contributed by atoms with Crippen molar-refractivity contribution in [2.45, 2.75) is 33.1 Å². The first-order valence-electron chi connectivity index (χ1n) is 7.72. The summed E-state index contributed by atoms with van der Waals surface area (Å²) in [6.07, 6.45) is 3.40. The van der Waals surface area contributed by atoms with Gasteiger partial charge in [0.2, 0.25) is 0 Å². The molecule has 0 aliphatic carbocycles. The van der Waals surface area contributed by atoms with Crippen LogP contribution in [-0.4, -0.2) is 30.4 Å². The Bertz CT molecular complexity index is 547. The van der Waals surface area contributed by atoms with Crippen molar-refractivity contribution in [1.29, 1.82) is 0 Å². The molecule has 1 fully saturated rings. The topological polar surface area (TPSA) is 46.3 Å². The van der Waals surface area contributed by atoms with E-state index in [0.29, 0.717) is 12.0 Å². The number of nitrogens with two attached hydrogens (primary N) is 1. The first-order chi connectivity index (χ1) is 10.1. The summed E-state index contributed by atoms with van der Waals surface area (Å²) in [6.45, 7) is 6.55. The summed E-state index contributed by atoms with van der Waals surface area (Å²) in [4.78, 5) is 14.6. The maximum atomic E-state index is 12.6. The second kappa shape index (κ2) is 6.78. The van der Waals surface area contributed by atoms with Gasteiger partial charge in [-0.25, -0.2) is 0 Å². The van der Waals surface area contributed by atoms with Crippen LogP contribution >= 0.6 is 0 Å². The highest BCUT2D eigenvalue weighted by molar-refractivity contribution is 5.94. The molecule has 1 amide bonds. The van der Waals surface area contributed by atoms with Gasteiger partial charge in [-0.2, -0.15) is 0 Å². The molecule has 0 aromatic heterocycles. The molecule has 0 atom stereocenters. The van der Waals surface area contributed by atoms with E-state index in [9.17, 15) is 4.79 Å². The van der Waals surface area contributed by atoms with E-state index in [0.717, 1.165) is 43.5 Å². The van der Waals surface area contributed by atoms with Gasteiger partial charge in [0.1, 0.15) is 0 Å². The van der Waals surface area contributed by atoms with Crippen LogP contribution in [0.5, 0.6) is 0 Å². The molecular weight excluding hydrogens is 260 g/mol. The largest absolute Gasteiger partial charge is 0.338 e. The fourth-order valence-corrected chi connectivity index (χ4v) is 2.97. The summed E-state index contributed by atoms with van der Waals surface area (Å²) in [5.41, 5.74) is 7.32. The summed E-state index contributed by atoms with van der Waals surface area (Å²) in [7, 11) is 0. The van der Waals surface area contributed by atoms with Gasteiger partial charge in [0.25, 0.3) is 5.91 Å². The third-order valence-electron chi connectivity index (χ3n) is 4.69. The molecule has 1 aliphatic rings. The molecule has 3 nitrogen and oxygen atoms in total. The molecule has 112 valence electrons. The third-order valence-corrected chi connectivity index (χ3v) is 4.69. The Labute approximate surface area is 127 Å². The quantitative estimate of drug-likeness (QED) is 0.867. The maximum absolute atomic E-state index is 12.6. The Morgan fingerprint density at radius 1 is 1.29 bits per heavy atom. The van der Waals surface area contributed by atoms with Crippen molar-refractivity contribution in [3.8, 4) is 11.8 Å². The van der Waals surface area contributed by atoms with Crippen molar-refractivity contribution in [2.75, 3.05) is 19.6 Å². The molecule has 0 unspecified atom stereocenters. The van der Waals surface area contributed by atoms with Crippen LogP contribution in [0.15, 0.2) is 24.3 Å². The zero-order valence-corrected chi connectivity index (χ0v) is 13.0. The highest BCUT2D eigenvalue weighted by atomic mass is 16.2. The number of nitrogens with zero attached hydrogens (tertiary/aromatic N) is 1. The third kappa shape index (κ3) is 3.46. The number of rotatable bonds is 3. The Hall–Kier alpha value is -1.79. The van der Waals surface area contributed by atoms with E-state index < -0.39 is 0 Å². The highest BCUT2D eigenvalue weighted by Crippen LogP contribution is 2.37. The average Bonchev–Trinajstić information content (AvgIpc) is 2.98. The second-order valence-corrected chi connectivity index (χ2v) is 5.77. The van der Waals surface area contributed by atoms with Gasteiger partial charge in [-0.05, 0) is 48.9 Å². The zero-order valence-electron chi connectivity index (χ0n) is 13.0. The zero-order chi connectivity index (χ0) is 15.3. The lowest BCUT2D eigenvalue weighted by atomic mass is 9.82. The molecule has 0 saturated carbocycles. The molecular formula is C18H24N2O. The predicted molar refractivity (Wildman–Crippen MR) is 85.9 cm³/mol. The van der Waals surface area contributed by atoms with Crippen molar-refractivity contribution < 1.29 is 4.79 Å². The van der Waals surface area contributed by atoms with Gasteiger partial charge in [-0.3, -0.25) is 4.79 Å². The molecule has 2 rings (SSSR count). The van der Waals surface area contributed by atoms with Crippen molar-refractivity contribution >= 4 is 5.91 Å². The first kappa shape index (κ1) is 15.6.